The molecule has 150 valence electrons. The van der Waals surface area contributed by atoms with E-state index in [1.165, 1.54) is 6.42 Å². The Labute approximate surface area is 161 Å². The van der Waals surface area contributed by atoms with Gasteiger partial charge in [-0.3, -0.25) is 10.1 Å². The lowest BCUT2D eigenvalue weighted by Crippen LogP contribution is -3.12. The predicted molar refractivity (Wildman–Crippen MR) is 103 cm³/mol. The molecule has 1 unspecified atom stereocenters. The number of imide groups is 1. The van der Waals surface area contributed by atoms with E-state index in [1.807, 2.05) is 32.2 Å². The van der Waals surface area contributed by atoms with Crippen LogP contribution >= 0.6 is 0 Å². The number of hydrogen-bond donors (Lipinski definition) is 3. The molecule has 3 amide bonds. The number of likely N-dealkylation sites (N-methyl/N-ethyl adjacent to an activating group) is 1. The molecular weight excluding hydrogens is 346 g/mol. The van der Waals surface area contributed by atoms with E-state index in [4.69, 9.17) is 9.47 Å². The van der Waals surface area contributed by atoms with Crippen LogP contribution in [0.2, 0.25) is 0 Å². The molecule has 7 heteroatoms. The first kappa shape index (κ1) is 21.0. The first-order valence-corrected chi connectivity index (χ1v) is 9.59. The molecule has 0 saturated heterocycles. The van der Waals surface area contributed by atoms with Gasteiger partial charge in [0.25, 0.3) is 5.91 Å². The minimum absolute atomic E-state index is 0.176. The first-order chi connectivity index (χ1) is 12.9. The van der Waals surface area contributed by atoms with Crippen LogP contribution < -0.4 is 25.0 Å². The van der Waals surface area contributed by atoms with E-state index in [0.717, 1.165) is 47.6 Å². The van der Waals surface area contributed by atoms with Gasteiger partial charge in [-0.15, -0.1) is 0 Å². The summed E-state index contributed by atoms with van der Waals surface area (Å²) in [7, 11) is 5.14. The van der Waals surface area contributed by atoms with Crippen LogP contribution in [0.5, 0.6) is 11.5 Å². The van der Waals surface area contributed by atoms with Gasteiger partial charge in [0.1, 0.15) is 18.0 Å². The van der Waals surface area contributed by atoms with Gasteiger partial charge in [0.15, 0.2) is 6.04 Å². The third kappa shape index (κ3) is 6.13. The second-order valence-corrected chi connectivity index (χ2v) is 7.22. The summed E-state index contributed by atoms with van der Waals surface area (Å²) in [5.74, 6) is 1.16. The molecule has 2 rings (SSSR count). The smallest absolute Gasteiger partial charge is 0.321 e. The van der Waals surface area contributed by atoms with Crippen molar-refractivity contribution in [2.24, 2.45) is 0 Å². The number of carbonyl (C=O) groups excluding carboxylic acids is 2. The van der Waals surface area contributed by atoms with Crippen LogP contribution in [0.25, 0.3) is 0 Å². The molecule has 3 N–H and O–H groups in total. The number of amides is 3. The highest BCUT2D eigenvalue weighted by atomic mass is 16.5. The van der Waals surface area contributed by atoms with Crippen LogP contribution in [-0.2, 0) is 11.3 Å². The van der Waals surface area contributed by atoms with Gasteiger partial charge in [-0.25, -0.2) is 4.79 Å². The Morgan fingerprint density at radius 2 is 1.89 bits per heavy atom. The van der Waals surface area contributed by atoms with Crippen molar-refractivity contribution in [1.29, 1.82) is 0 Å². The van der Waals surface area contributed by atoms with Crippen molar-refractivity contribution in [3.8, 4) is 11.5 Å². The Morgan fingerprint density at radius 3 is 2.52 bits per heavy atom. The maximum Gasteiger partial charge on any atom is 0.321 e. The Hall–Kier alpha value is -2.28. The molecule has 0 aliphatic heterocycles. The lowest BCUT2D eigenvalue weighted by Gasteiger charge is -2.24. The molecule has 1 fully saturated rings. The number of methoxy groups -OCH3 is 2. The zero-order valence-electron chi connectivity index (χ0n) is 16.8. The zero-order valence-corrected chi connectivity index (χ0v) is 16.8. The van der Waals surface area contributed by atoms with Gasteiger partial charge in [0.2, 0.25) is 0 Å². The molecule has 0 heterocycles. The van der Waals surface area contributed by atoms with Crippen LogP contribution in [0.4, 0.5) is 4.79 Å². The van der Waals surface area contributed by atoms with Crippen LogP contribution in [0.15, 0.2) is 18.2 Å². The van der Waals surface area contributed by atoms with Crippen molar-refractivity contribution in [2.75, 3.05) is 21.3 Å². The van der Waals surface area contributed by atoms with E-state index in [-0.39, 0.29) is 18.0 Å². The first-order valence-electron chi connectivity index (χ1n) is 9.59. The van der Waals surface area contributed by atoms with Crippen molar-refractivity contribution >= 4 is 11.9 Å². The predicted octanol–water partition coefficient (Wildman–Crippen LogP) is 1.27. The van der Waals surface area contributed by atoms with E-state index in [9.17, 15) is 9.59 Å². The van der Waals surface area contributed by atoms with E-state index >= 15 is 0 Å². The number of quaternary nitrogens is 1. The number of hydrogen-bond acceptors (Lipinski definition) is 4. The summed E-state index contributed by atoms with van der Waals surface area (Å²) in [5.41, 5.74) is 0.974. The SMILES string of the molecule is COc1ccc(C[NH+](C)[C@H](C)C(=O)NC(=O)NC2CCCCC2)c(OC)c1. The minimum Gasteiger partial charge on any atom is -0.497 e. The molecule has 27 heavy (non-hydrogen) atoms. The highest BCUT2D eigenvalue weighted by Crippen LogP contribution is 2.23. The Balaban J connectivity index is 1.88. The van der Waals surface area contributed by atoms with Crippen molar-refractivity contribution in [3.63, 3.8) is 0 Å². The summed E-state index contributed by atoms with van der Waals surface area (Å²) < 4.78 is 10.6. The molecule has 0 bridgehead atoms. The Bertz CT molecular complexity index is 644. The molecule has 7 nitrogen and oxygen atoms in total. The summed E-state index contributed by atoms with van der Waals surface area (Å²) in [6.07, 6.45) is 5.45. The molecule has 0 radical (unpaired) electrons. The van der Waals surface area contributed by atoms with Crippen LogP contribution in [0.3, 0.4) is 0 Å². The number of carbonyl (C=O) groups is 2. The number of benzene rings is 1. The average molecular weight is 378 g/mol. The number of rotatable bonds is 7. The highest BCUT2D eigenvalue weighted by Gasteiger charge is 2.25. The van der Waals surface area contributed by atoms with E-state index in [1.54, 1.807) is 14.2 Å². The monoisotopic (exact) mass is 378 g/mol. The van der Waals surface area contributed by atoms with Gasteiger partial charge in [0, 0.05) is 17.7 Å². The van der Waals surface area contributed by atoms with Crippen LogP contribution in [0.1, 0.15) is 44.6 Å². The van der Waals surface area contributed by atoms with Gasteiger partial charge in [-0.05, 0) is 31.9 Å². The van der Waals surface area contributed by atoms with E-state index < -0.39 is 6.03 Å². The average Bonchev–Trinajstić information content (AvgIpc) is 2.68. The van der Waals surface area contributed by atoms with Gasteiger partial charge >= 0.3 is 6.03 Å². The fourth-order valence-corrected chi connectivity index (χ4v) is 3.36. The van der Waals surface area contributed by atoms with E-state index in [2.05, 4.69) is 10.6 Å². The number of nitrogens with one attached hydrogen (secondary N) is 3. The number of ether oxygens (including phenoxy) is 2. The fourth-order valence-electron chi connectivity index (χ4n) is 3.36. The lowest BCUT2D eigenvalue weighted by atomic mass is 9.96. The van der Waals surface area contributed by atoms with Gasteiger partial charge in [-0.2, -0.15) is 0 Å². The molecule has 0 spiro atoms. The minimum atomic E-state index is -0.395. The molecule has 1 saturated carbocycles. The summed E-state index contributed by atoms with van der Waals surface area (Å²) >= 11 is 0. The molecule has 0 aromatic heterocycles. The van der Waals surface area contributed by atoms with Crippen molar-refractivity contribution in [3.05, 3.63) is 23.8 Å². The summed E-state index contributed by atoms with van der Waals surface area (Å²) in [6.45, 7) is 2.40. The van der Waals surface area contributed by atoms with Gasteiger partial charge < -0.3 is 19.7 Å². The standard InChI is InChI=1S/C20H31N3O4/c1-14(19(24)22-20(25)21-16-8-6-5-7-9-16)23(2)13-15-10-11-17(26-3)12-18(15)27-4/h10-12,14,16H,5-9,13H2,1-4H3,(H2,21,22,24,25)/p+1/t14-/m1/s1. The van der Waals surface area contributed by atoms with Crippen molar-refractivity contribution < 1.29 is 24.0 Å². The highest BCUT2D eigenvalue weighted by molar-refractivity contribution is 5.96. The molecular formula is C20H32N3O4+. The summed E-state index contributed by atoms with van der Waals surface area (Å²) in [4.78, 5) is 25.5. The Morgan fingerprint density at radius 1 is 1.19 bits per heavy atom. The second kappa shape index (κ2) is 10.2. The lowest BCUT2D eigenvalue weighted by molar-refractivity contribution is -0.908. The Kier molecular flexibility index (Phi) is 7.91. The maximum atomic E-state index is 12.4. The third-order valence-electron chi connectivity index (χ3n) is 5.27. The zero-order chi connectivity index (χ0) is 19.8. The maximum absolute atomic E-state index is 12.4. The normalized spacial score (nSPS) is 16.9. The molecule has 1 aromatic rings. The molecule has 1 aliphatic rings. The van der Waals surface area contributed by atoms with Crippen LogP contribution in [-0.4, -0.2) is 45.3 Å². The quantitative estimate of drug-likeness (QED) is 0.667. The van der Waals surface area contributed by atoms with Crippen molar-refractivity contribution in [1.82, 2.24) is 10.6 Å². The van der Waals surface area contributed by atoms with Gasteiger partial charge in [0.05, 0.1) is 21.3 Å². The van der Waals surface area contributed by atoms with Crippen molar-refractivity contribution in [2.45, 2.75) is 57.7 Å². The van der Waals surface area contributed by atoms with Gasteiger partial charge in [-0.1, -0.05) is 19.3 Å². The molecule has 1 aliphatic carbocycles. The topological polar surface area (TPSA) is 81.1 Å². The summed E-state index contributed by atoms with van der Waals surface area (Å²) in [6, 6.07) is 5.03. The molecule has 2 atom stereocenters. The summed E-state index contributed by atoms with van der Waals surface area (Å²) in [5, 5.41) is 5.39. The van der Waals surface area contributed by atoms with E-state index in [0.29, 0.717) is 6.54 Å². The second-order valence-electron chi connectivity index (χ2n) is 7.22. The third-order valence-corrected chi connectivity index (χ3v) is 5.27. The largest absolute Gasteiger partial charge is 0.497 e. The molecule has 1 aromatic carbocycles. The van der Waals surface area contributed by atoms with Crippen LogP contribution in [0, 0.1) is 0 Å². The fraction of sp³-hybridized carbons (Fsp3) is 0.600. The number of urea groups is 1.